The van der Waals surface area contributed by atoms with Crippen molar-refractivity contribution in [3.05, 3.63) is 65.0 Å². The predicted octanol–water partition coefficient (Wildman–Crippen LogP) is 8.50. The Kier molecular flexibility index (Phi) is 6.99. The van der Waals surface area contributed by atoms with Crippen LogP contribution in [0, 0.1) is 17.5 Å². The minimum absolute atomic E-state index is 0.133. The van der Waals surface area contributed by atoms with Gasteiger partial charge in [-0.25, -0.2) is 13.2 Å². The second-order valence-corrected chi connectivity index (χ2v) is 7.59. The SMILES string of the molecule is F/C(=C(/F)C(F)(F)Oc1c(F)cc(-c2ccc(C3CCCCC3)cc2F)cc1F)C(F)(F)F. The molecule has 0 radical (unpaired) electrons. The molecule has 1 saturated carbocycles. The lowest BCUT2D eigenvalue weighted by atomic mass is 9.83. The van der Waals surface area contributed by atoms with Gasteiger partial charge in [0.15, 0.2) is 17.4 Å². The van der Waals surface area contributed by atoms with Gasteiger partial charge in [0.2, 0.25) is 5.83 Å². The van der Waals surface area contributed by atoms with Gasteiger partial charge >= 0.3 is 12.3 Å². The summed E-state index contributed by atoms with van der Waals surface area (Å²) in [4.78, 5) is 0. The van der Waals surface area contributed by atoms with Crippen molar-refractivity contribution in [2.24, 2.45) is 0 Å². The zero-order valence-corrected chi connectivity index (χ0v) is 16.7. The minimum Gasteiger partial charge on any atom is -0.421 e. The molecule has 2 aromatic rings. The van der Waals surface area contributed by atoms with Gasteiger partial charge in [-0.1, -0.05) is 31.4 Å². The van der Waals surface area contributed by atoms with Crippen LogP contribution in [0.25, 0.3) is 11.1 Å². The summed E-state index contributed by atoms with van der Waals surface area (Å²) in [6.45, 7) is 0. The Morgan fingerprint density at radius 1 is 0.758 bits per heavy atom. The molecule has 0 saturated heterocycles. The maximum absolute atomic E-state index is 14.6. The van der Waals surface area contributed by atoms with E-state index in [1.54, 1.807) is 6.07 Å². The molecule has 0 spiro atoms. The molecule has 0 N–H and O–H groups in total. The van der Waals surface area contributed by atoms with Crippen LogP contribution in [0.4, 0.5) is 43.9 Å². The normalized spacial score (nSPS) is 16.5. The van der Waals surface area contributed by atoms with E-state index in [4.69, 9.17) is 0 Å². The van der Waals surface area contributed by atoms with E-state index in [2.05, 4.69) is 4.74 Å². The van der Waals surface area contributed by atoms with E-state index in [1.807, 2.05) is 0 Å². The van der Waals surface area contributed by atoms with Crippen molar-refractivity contribution in [2.45, 2.75) is 50.3 Å². The number of halogens is 10. The molecular weight excluding hydrogens is 470 g/mol. The zero-order chi connectivity index (χ0) is 24.6. The summed E-state index contributed by atoms with van der Waals surface area (Å²) in [7, 11) is 0. The first-order valence-corrected chi connectivity index (χ1v) is 9.80. The molecular formula is C22H16F10O. The molecule has 0 aliphatic heterocycles. The zero-order valence-electron chi connectivity index (χ0n) is 16.7. The van der Waals surface area contributed by atoms with Crippen molar-refractivity contribution in [3.8, 4) is 16.9 Å². The Morgan fingerprint density at radius 3 is 1.85 bits per heavy atom. The molecule has 0 amide bonds. The summed E-state index contributed by atoms with van der Waals surface area (Å²) >= 11 is 0. The molecule has 1 fully saturated rings. The van der Waals surface area contributed by atoms with Crippen LogP contribution in [0.15, 0.2) is 42.0 Å². The monoisotopic (exact) mass is 486 g/mol. The molecule has 0 atom stereocenters. The Morgan fingerprint density at radius 2 is 1.33 bits per heavy atom. The largest absolute Gasteiger partial charge is 0.457 e. The van der Waals surface area contributed by atoms with Gasteiger partial charge in [0, 0.05) is 5.56 Å². The predicted molar refractivity (Wildman–Crippen MR) is 98.5 cm³/mol. The molecule has 0 unspecified atom stereocenters. The number of allylic oxidation sites excluding steroid dienone is 1. The summed E-state index contributed by atoms with van der Waals surface area (Å²) in [5.74, 6) is -14.0. The fourth-order valence-corrected chi connectivity index (χ4v) is 3.69. The lowest BCUT2D eigenvalue weighted by Gasteiger charge is -2.22. The number of rotatable bonds is 5. The molecule has 2 aromatic carbocycles. The van der Waals surface area contributed by atoms with E-state index in [0.717, 1.165) is 32.1 Å². The summed E-state index contributed by atoms with van der Waals surface area (Å²) in [5, 5.41) is 0. The molecule has 33 heavy (non-hydrogen) atoms. The highest BCUT2D eigenvalue weighted by Crippen LogP contribution is 2.41. The van der Waals surface area contributed by atoms with Crippen molar-refractivity contribution in [2.75, 3.05) is 0 Å². The smallest absolute Gasteiger partial charge is 0.421 e. The maximum atomic E-state index is 14.6. The van der Waals surface area contributed by atoms with Crippen molar-refractivity contribution >= 4 is 0 Å². The third-order valence-corrected chi connectivity index (χ3v) is 5.31. The van der Waals surface area contributed by atoms with E-state index in [-0.39, 0.29) is 11.5 Å². The second kappa shape index (κ2) is 9.26. The third kappa shape index (κ3) is 5.44. The lowest BCUT2D eigenvalue weighted by molar-refractivity contribution is -0.172. The average Bonchev–Trinajstić information content (AvgIpc) is 2.75. The molecule has 1 aliphatic rings. The van der Waals surface area contributed by atoms with Gasteiger partial charge < -0.3 is 4.74 Å². The van der Waals surface area contributed by atoms with E-state index >= 15 is 0 Å². The first kappa shape index (κ1) is 24.9. The molecule has 3 rings (SSSR count). The molecule has 0 aromatic heterocycles. The number of hydrogen-bond acceptors (Lipinski definition) is 1. The molecule has 0 heterocycles. The molecule has 11 heteroatoms. The Labute approximate surface area is 181 Å². The lowest BCUT2D eigenvalue weighted by Crippen LogP contribution is -2.29. The van der Waals surface area contributed by atoms with Gasteiger partial charge in [-0.15, -0.1) is 0 Å². The summed E-state index contributed by atoms with van der Waals surface area (Å²) in [5.41, 5.74) is -0.00356. The van der Waals surface area contributed by atoms with Crippen molar-refractivity contribution in [1.82, 2.24) is 0 Å². The molecule has 0 bridgehead atoms. The first-order chi connectivity index (χ1) is 15.3. The molecule has 1 aliphatic carbocycles. The summed E-state index contributed by atoms with van der Waals surface area (Å²) < 4.78 is 136. The van der Waals surface area contributed by atoms with Crippen molar-refractivity contribution in [3.63, 3.8) is 0 Å². The van der Waals surface area contributed by atoms with E-state index in [0.29, 0.717) is 17.7 Å². The van der Waals surface area contributed by atoms with Gasteiger partial charge in [-0.05, 0) is 48.1 Å². The van der Waals surface area contributed by atoms with E-state index < -0.39 is 52.7 Å². The van der Waals surface area contributed by atoms with Crippen LogP contribution < -0.4 is 4.74 Å². The fraction of sp³-hybridized carbons (Fsp3) is 0.364. The van der Waals surface area contributed by atoms with Crippen LogP contribution >= 0.6 is 0 Å². The van der Waals surface area contributed by atoms with Crippen LogP contribution in [0.5, 0.6) is 5.75 Å². The first-order valence-electron chi connectivity index (χ1n) is 9.80. The quantitative estimate of drug-likeness (QED) is 0.385. The van der Waals surface area contributed by atoms with Crippen LogP contribution in [-0.2, 0) is 0 Å². The van der Waals surface area contributed by atoms with Crippen LogP contribution in [0.3, 0.4) is 0 Å². The van der Waals surface area contributed by atoms with Crippen LogP contribution in [0.2, 0.25) is 0 Å². The summed E-state index contributed by atoms with van der Waals surface area (Å²) in [6, 6.07) is 4.80. The van der Waals surface area contributed by atoms with E-state index in [1.165, 1.54) is 12.1 Å². The van der Waals surface area contributed by atoms with Crippen LogP contribution in [-0.4, -0.2) is 12.3 Å². The molecule has 1 nitrogen and oxygen atoms in total. The fourth-order valence-electron chi connectivity index (χ4n) is 3.69. The Hall–Kier alpha value is -2.72. The number of alkyl halides is 5. The van der Waals surface area contributed by atoms with E-state index in [9.17, 15) is 43.9 Å². The van der Waals surface area contributed by atoms with Crippen molar-refractivity contribution < 1.29 is 48.6 Å². The topological polar surface area (TPSA) is 9.23 Å². The highest BCUT2D eigenvalue weighted by Gasteiger charge is 2.50. The van der Waals surface area contributed by atoms with Gasteiger partial charge in [0.05, 0.1) is 0 Å². The highest BCUT2D eigenvalue weighted by molar-refractivity contribution is 5.66. The van der Waals surface area contributed by atoms with Gasteiger partial charge in [0.1, 0.15) is 5.82 Å². The highest BCUT2D eigenvalue weighted by atomic mass is 19.4. The molecule has 180 valence electrons. The summed E-state index contributed by atoms with van der Waals surface area (Å²) in [6.07, 6.45) is -7.01. The van der Waals surface area contributed by atoms with Gasteiger partial charge in [-0.2, -0.15) is 30.7 Å². The number of hydrogen-bond donors (Lipinski definition) is 0. The minimum atomic E-state index is -6.11. The standard InChI is InChI=1S/C22H16F10O/c23-15-8-12(11-4-2-1-3-5-11)6-7-14(15)13-9-16(24)18(17(25)10-13)33-22(31,32)20(27)19(26)21(28,29)30/h6-11H,1-5H2/b20-19+. The van der Waals surface area contributed by atoms with Gasteiger partial charge in [-0.3, -0.25) is 0 Å². The third-order valence-electron chi connectivity index (χ3n) is 5.31. The van der Waals surface area contributed by atoms with Gasteiger partial charge in [0.25, 0.3) is 5.83 Å². The average molecular weight is 486 g/mol. The number of ether oxygens (including phenoxy) is 1. The van der Waals surface area contributed by atoms with Crippen LogP contribution in [0.1, 0.15) is 43.6 Å². The Balaban J connectivity index is 1.90. The second-order valence-electron chi connectivity index (χ2n) is 7.59. The number of benzene rings is 2. The maximum Gasteiger partial charge on any atom is 0.457 e. The van der Waals surface area contributed by atoms with Crippen molar-refractivity contribution in [1.29, 1.82) is 0 Å². The Bertz CT molecular complexity index is 1030.